The van der Waals surface area contributed by atoms with Crippen molar-refractivity contribution in [3.05, 3.63) is 97.1 Å². The van der Waals surface area contributed by atoms with E-state index < -0.39 is 0 Å². The fourth-order valence-electron chi connectivity index (χ4n) is 3.42. The molecule has 1 heterocycles. The molecule has 1 N–H and O–H groups in total. The van der Waals surface area contributed by atoms with E-state index in [-0.39, 0.29) is 5.75 Å². The Kier molecular flexibility index (Phi) is 4.22. The summed E-state index contributed by atoms with van der Waals surface area (Å²) in [6.45, 7) is 0. The Morgan fingerprint density at radius 3 is 1.90 bits per heavy atom. The largest absolute Gasteiger partial charge is 0.507 e. The molecule has 0 aliphatic rings. The summed E-state index contributed by atoms with van der Waals surface area (Å²) < 4.78 is 0. The highest BCUT2D eigenvalue weighted by atomic mass is 16.3. The van der Waals surface area contributed by atoms with E-state index in [1.807, 2.05) is 66.7 Å². The molecule has 0 spiro atoms. The van der Waals surface area contributed by atoms with Gasteiger partial charge in [0, 0.05) is 11.1 Å². The van der Waals surface area contributed by atoms with Gasteiger partial charge in [0.2, 0.25) is 0 Å². The average molecular weight is 375 g/mol. The Bertz CT molecular complexity index is 1310. The van der Waals surface area contributed by atoms with Gasteiger partial charge in [-0.3, -0.25) is 0 Å². The molecule has 0 aliphatic heterocycles. The molecule has 138 valence electrons. The first-order valence-corrected chi connectivity index (χ1v) is 9.37. The average Bonchev–Trinajstić information content (AvgIpc) is 2.79. The normalized spacial score (nSPS) is 10.9. The third-order valence-electron chi connectivity index (χ3n) is 4.84. The van der Waals surface area contributed by atoms with Crippen molar-refractivity contribution in [2.45, 2.75) is 0 Å². The molecule has 0 saturated carbocycles. The topological polar surface area (TPSA) is 58.9 Å². The zero-order valence-electron chi connectivity index (χ0n) is 15.5. The molecule has 1 aromatic heterocycles. The van der Waals surface area contributed by atoms with Gasteiger partial charge in [-0.25, -0.2) is 15.0 Å². The Morgan fingerprint density at radius 1 is 0.483 bits per heavy atom. The van der Waals surface area contributed by atoms with E-state index in [0.717, 1.165) is 21.9 Å². The van der Waals surface area contributed by atoms with E-state index in [9.17, 15) is 5.11 Å². The van der Waals surface area contributed by atoms with Crippen LogP contribution in [0.4, 0.5) is 0 Å². The Balaban J connectivity index is 1.79. The van der Waals surface area contributed by atoms with Crippen LogP contribution in [0.15, 0.2) is 97.1 Å². The smallest absolute Gasteiger partial charge is 0.167 e. The van der Waals surface area contributed by atoms with E-state index in [1.165, 1.54) is 0 Å². The van der Waals surface area contributed by atoms with Crippen LogP contribution in [0.1, 0.15) is 0 Å². The van der Waals surface area contributed by atoms with Gasteiger partial charge in [-0.2, -0.15) is 0 Å². The van der Waals surface area contributed by atoms with Crippen molar-refractivity contribution in [3.63, 3.8) is 0 Å². The Hall–Kier alpha value is -4.05. The van der Waals surface area contributed by atoms with E-state index in [2.05, 4.69) is 23.2 Å². The maximum atomic E-state index is 10.4. The van der Waals surface area contributed by atoms with Gasteiger partial charge < -0.3 is 5.11 Å². The summed E-state index contributed by atoms with van der Waals surface area (Å²) in [7, 11) is 0. The zero-order chi connectivity index (χ0) is 19.6. The van der Waals surface area contributed by atoms with Gasteiger partial charge in [-0.15, -0.1) is 0 Å². The van der Waals surface area contributed by atoms with Crippen molar-refractivity contribution in [3.8, 4) is 39.9 Å². The van der Waals surface area contributed by atoms with Crippen molar-refractivity contribution < 1.29 is 5.11 Å². The number of para-hydroxylation sites is 1. The first-order chi connectivity index (χ1) is 14.3. The number of aromatic hydroxyl groups is 1. The van der Waals surface area contributed by atoms with E-state index in [1.54, 1.807) is 12.1 Å². The Labute approximate surface area is 168 Å². The summed E-state index contributed by atoms with van der Waals surface area (Å²) in [6, 6.07) is 31.1. The monoisotopic (exact) mass is 375 g/mol. The minimum absolute atomic E-state index is 0.140. The summed E-state index contributed by atoms with van der Waals surface area (Å²) in [5.74, 6) is 1.73. The minimum Gasteiger partial charge on any atom is -0.507 e. The molecular weight excluding hydrogens is 358 g/mol. The predicted octanol–water partition coefficient (Wildman–Crippen LogP) is 5.73. The molecule has 4 aromatic carbocycles. The minimum atomic E-state index is 0.140. The number of benzene rings is 4. The van der Waals surface area contributed by atoms with Crippen LogP contribution < -0.4 is 0 Å². The van der Waals surface area contributed by atoms with Crippen LogP contribution >= 0.6 is 0 Å². The summed E-state index contributed by atoms with van der Waals surface area (Å²) in [5, 5.41) is 12.6. The molecule has 4 heteroatoms. The SMILES string of the molecule is Oc1ccccc1-c1nc(-c2ccccc2)nc(-c2cccc3ccccc23)n1. The number of hydrogen-bond acceptors (Lipinski definition) is 4. The standard InChI is InChI=1S/C25H17N3O/c29-22-16-7-6-14-21(22)25-27-23(18-10-2-1-3-11-18)26-24(28-25)20-15-8-12-17-9-4-5-13-19(17)20/h1-16,29H. The van der Waals surface area contributed by atoms with Crippen LogP contribution in [0.3, 0.4) is 0 Å². The van der Waals surface area contributed by atoms with Crippen LogP contribution in [0, 0.1) is 0 Å². The second-order valence-electron chi connectivity index (χ2n) is 6.72. The van der Waals surface area contributed by atoms with Crippen molar-refractivity contribution in [1.82, 2.24) is 15.0 Å². The summed E-state index contributed by atoms with van der Waals surface area (Å²) >= 11 is 0. The second-order valence-corrected chi connectivity index (χ2v) is 6.72. The molecule has 0 fully saturated rings. The fourth-order valence-corrected chi connectivity index (χ4v) is 3.42. The van der Waals surface area contributed by atoms with Crippen molar-refractivity contribution in [2.75, 3.05) is 0 Å². The second kappa shape index (κ2) is 7.17. The van der Waals surface area contributed by atoms with Gasteiger partial charge >= 0.3 is 0 Å². The van der Waals surface area contributed by atoms with Gasteiger partial charge in [0.25, 0.3) is 0 Å². The lowest BCUT2D eigenvalue weighted by atomic mass is 10.0. The summed E-state index contributed by atoms with van der Waals surface area (Å²) in [4.78, 5) is 14.2. The molecule has 29 heavy (non-hydrogen) atoms. The first kappa shape index (κ1) is 17.1. The molecule has 0 aliphatic carbocycles. The lowest BCUT2D eigenvalue weighted by Crippen LogP contribution is -2.00. The lowest BCUT2D eigenvalue weighted by Gasteiger charge is -2.10. The fraction of sp³-hybridized carbons (Fsp3) is 0. The highest BCUT2D eigenvalue weighted by Crippen LogP contribution is 2.31. The molecular formula is C25H17N3O. The predicted molar refractivity (Wildman–Crippen MR) is 115 cm³/mol. The number of nitrogens with zero attached hydrogens (tertiary/aromatic N) is 3. The van der Waals surface area contributed by atoms with Gasteiger partial charge in [0.05, 0.1) is 5.56 Å². The van der Waals surface area contributed by atoms with Crippen LogP contribution in [0.25, 0.3) is 44.9 Å². The molecule has 4 nitrogen and oxygen atoms in total. The molecule has 0 unspecified atom stereocenters. The maximum absolute atomic E-state index is 10.4. The molecule has 0 bridgehead atoms. The molecule has 0 radical (unpaired) electrons. The van der Waals surface area contributed by atoms with E-state index in [0.29, 0.717) is 23.0 Å². The van der Waals surface area contributed by atoms with Crippen molar-refractivity contribution >= 4 is 10.8 Å². The summed E-state index contributed by atoms with van der Waals surface area (Å²) in [5.41, 5.74) is 2.40. The third kappa shape index (κ3) is 3.21. The Morgan fingerprint density at radius 2 is 1.07 bits per heavy atom. The summed E-state index contributed by atoms with van der Waals surface area (Å²) in [6.07, 6.45) is 0. The van der Waals surface area contributed by atoms with Gasteiger partial charge in [-0.05, 0) is 22.9 Å². The maximum Gasteiger partial charge on any atom is 0.167 e. The number of aromatic nitrogens is 3. The number of rotatable bonds is 3. The highest BCUT2D eigenvalue weighted by Gasteiger charge is 2.15. The molecule has 0 saturated heterocycles. The number of hydrogen-bond donors (Lipinski definition) is 1. The van der Waals surface area contributed by atoms with Gasteiger partial charge in [0.1, 0.15) is 5.75 Å². The number of fused-ring (bicyclic) bond motifs is 1. The molecule has 5 rings (SSSR count). The van der Waals surface area contributed by atoms with Crippen LogP contribution in [0.2, 0.25) is 0 Å². The molecule has 0 atom stereocenters. The highest BCUT2D eigenvalue weighted by molar-refractivity contribution is 5.95. The van der Waals surface area contributed by atoms with E-state index >= 15 is 0 Å². The third-order valence-corrected chi connectivity index (χ3v) is 4.84. The quantitative estimate of drug-likeness (QED) is 0.437. The number of phenols is 1. The van der Waals surface area contributed by atoms with Gasteiger partial charge in [0.15, 0.2) is 17.5 Å². The first-order valence-electron chi connectivity index (χ1n) is 9.37. The zero-order valence-corrected chi connectivity index (χ0v) is 15.5. The van der Waals surface area contributed by atoms with Crippen LogP contribution in [-0.2, 0) is 0 Å². The lowest BCUT2D eigenvalue weighted by molar-refractivity contribution is 0.477. The molecule has 0 amide bonds. The van der Waals surface area contributed by atoms with Crippen molar-refractivity contribution in [1.29, 1.82) is 0 Å². The van der Waals surface area contributed by atoms with Gasteiger partial charge in [-0.1, -0.05) is 84.9 Å². The van der Waals surface area contributed by atoms with Crippen molar-refractivity contribution in [2.24, 2.45) is 0 Å². The molecule has 5 aromatic rings. The van der Waals surface area contributed by atoms with Crippen LogP contribution in [0.5, 0.6) is 5.75 Å². The van der Waals surface area contributed by atoms with Crippen LogP contribution in [-0.4, -0.2) is 20.1 Å². The number of phenolic OH excluding ortho intramolecular Hbond substituents is 1. The van der Waals surface area contributed by atoms with E-state index in [4.69, 9.17) is 9.97 Å².